The molecule has 1 N–H and O–H groups in total. The second-order valence-electron chi connectivity index (χ2n) is 6.26. The Morgan fingerprint density at radius 1 is 1.16 bits per heavy atom. The largest absolute Gasteiger partial charge is 0.339 e. The molecule has 2 rings (SSSR count). The first kappa shape index (κ1) is 19.9. The quantitative estimate of drug-likeness (QED) is 0.762. The van der Waals surface area contributed by atoms with Crippen LogP contribution in [-0.4, -0.2) is 62.3 Å². The molecule has 1 atom stereocenters. The summed E-state index contributed by atoms with van der Waals surface area (Å²) in [5, 5.41) is 3.23. The zero-order valence-electron chi connectivity index (χ0n) is 15.4. The van der Waals surface area contributed by atoms with Crippen molar-refractivity contribution in [2.24, 2.45) is 0 Å². The highest BCUT2D eigenvalue weighted by atomic mass is 32.2. The summed E-state index contributed by atoms with van der Waals surface area (Å²) in [6.07, 6.45) is 1.60. The topological polar surface area (TPSA) is 69.7 Å². The Bertz CT molecular complexity index is 663. The minimum absolute atomic E-state index is 0.00179. The molecule has 0 spiro atoms. The number of sulfonamides is 1. The van der Waals surface area contributed by atoms with Gasteiger partial charge in [-0.15, -0.1) is 0 Å². The first-order chi connectivity index (χ1) is 12.0. The molecule has 0 bridgehead atoms. The second kappa shape index (κ2) is 8.78. The summed E-state index contributed by atoms with van der Waals surface area (Å²) in [6.45, 7) is 9.15. The lowest BCUT2D eigenvalue weighted by atomic mass is 10.2. The molecule has 6 nitrogen and oxygen atoms in total. The molecule has 0 aliphatic carbocycles. The van der Waals surface area contributed by atoms with Crippen LogP contribution in [0, 0.1) is 0 Å². The number of hydrogen-bond donors (Lipinski definition) is 1. The Morgan fingerprint density at radius 2 is 1.80 bits per heavy atom. The molecule has 1 aliphatic heterocycles. The third-order valence-electron chi connectivity index (χ3n) is 4.64. The summed E-state index contributed by atoms with van der Waals surface area (Å²) in [4.78, 5) is 14.3. The van der Waals surface area contributed by atoms with E-state index in [1.54, 1.807) is 33.5 Å². The maximum atomic E-state index is 13.0. The summed E-state index contributed by atoms with van der Waals surface area (Å²) >= 11 is 0. The molecule has 1 aromatic carbocycles. The number of rotatable bonds is 8. The normalized spacial score (nSPS) is 17.8. The average Bonchev–Trinajstić information content (AvgIpc) is 3.14. The Balaban J connectivity index is 2.25. The van der Waals surface area contributed by atoms with E-state index in [0.717, 1.165) is 19.4 Å². The average molecular weight is 368 g/mol. The molecule has 25 heavy (non-hydrogen) atoms. The van der Waals surface area contributed by atoms with Crippen LogP contribution in [0.4, 0.5) is 0 Å². The van der Waals surface area contributed by atoms with Crippen LogP contribution in [-0.2, 0) is 10.0 Å². The molecule has 1 fully saturated rings. The first-order valence-electron chi connectivity index (χ1n) is 9.07. The zero-order chi connectivity index (χ0) is 18.4. The fourth-order valence-electron chi connectivity index (χ4n) is 3.20. The van der Waals surface area contributed by atoms with E-state index >= 15 is 0 Å². The predicted molar refractivity (Wildman–Crippen MR) is 99.2 cm³/mol. The molecule has 0 aromatic heterocycles. The van der Waals surface area contributed by atoms with E-state index in [0.29, 0.717) is 31.7 Å². The van der Waals surface area contributed by atoms with Crippen molar-refractivity contribution in [3.05, 3.63) is 29.8 Å². The molecule has 1 aromatic rings. The lowest BCUT2D eigenvalue weighted by Crippen LogP contribution is -2.42. The standard InChI is InChI=1S/C18H29N3O3S/c1-4-13-21(16-11-12-19-14-16)25(23,24)17-9-7-15(8-10-17)18(22)20(5-2)6-3/h7-10,16,19H,4-6,11-14H2,1-3H3. The van der Waals surface area contributed by atoms with E-state index in [1.165, 1.54) is 0 Å². The number of nitrogens with zero attached hydrogens (tertiary/aromatic N) is 2. The Kier molecular flexibility index (Phi) is 6.98. The van der Waals surface area contributed by atoms with Crippen LogP contribution in [0.15, 0.2) is 29.2 Å². The Hall–Kier alpha value is -1.44. The van der Waals surface area contributed by atoms with Gasteiger partial charge in [0.1, 0.15) is 0 Å². The van der Waals surface area contributed by atoms with E-state index in [9.17, 15) is 13.2 Å². The molecule has 1 unspecified atom stereocenters. The van der Waals surface area contributed by atoms with Gasteiger partial charge >= 0.3 is 0 Å². The highest BCUT2D eigenvalue weighted by molar-refractivity contribution is 7.89. The lowest BCUT2D eigenvalue weighted by molar-refractivity contribution is 0.0773. The summed E-state index contributed by atoms with van der Waals surface area (Å²) in [7, 11) is -3.55. The fraction of sp³-hybridized carbons (Fsp3) is 0.611. The predicted octanol–water partition coefficient (Wildman–Crippen LogP) is 1.93. The van der Waals surface area contributed by atoms with Crippen LogP contribution in [0.25, 0.3) is 0 Å². The number of nitrogens with one attached hydrogen (secondary N) is 1. The third kappa shape index (κ3) is 4.40. The molecule has 1 saturated heterocycles. The highest BCUT2D eigenvalue weighted by Gasteiger charge is 2.32. The van der Waals surface area contributed by atoms with Gasteiger partial charge in [-0.3, -0.25) is 4.79 Å². The summed E-state index contributed by atoms with van der Waals surface area (Å²) in [5.74, 6) is -0.0700. The van der Waals surface area contributed by atoms with Crippen LogP contribution in [0.1, 0.15) is 44.0 Å². The van der Waals surface area contributed by atoms with Gasteiger partial charge in [-0.1, -0.05) is 6.92 Å². The van der Waals surface area contributed by atoms with Crippen molar-refractivity contribution in [1.82, 2.24) is 14.5 Å². The Morgan fingerprint density at radius 3 is 2.28 bits per heavy atom. The minimum atomic E-state index is -3.55. The fourth-order valence-corrected chi connectivity index (χ4v) is 4.95. The van der Waals surface area contributed by atoms with E-state index < -0.39 is 10.0 Å². The highest BCUT2D eigenvalue weighted by Crippen LogP contribution is 2.22. The molecule has 1 amide bonds. The SMILES string of the molecule is CCCN(C1CCNC1)S(=O)(=O)c1ccc(C(=O)N(CC)CC)cc1. The number of benzene rings is 1. The molecular formula is C18H29N3O3S. The van der Waals surface area contributed by atoms with Crippen molar-refractivity contribution in [2.45, 2.75) is 44.6 Å². The van der Waals surface area contributed by atoms with Crippen molar-refractivity contribution < 1.29 is 13.2 Å². The minimum Gasteiger partial charge on any atom is -0.339 e. The molecular weight excluding hydrogens is 338 g/mol. The number of hydrogen-bond acceptors (Lipinski definition) is 4. The summed E-state index contributed by atoms with van der Waals surface area (Å²) in [6, 6.07) is 6.34. The first-order valence-corrected chi connectivity index (χ1v) is 10.5. The molecule has 0 radical (unpaired) electrons. The number of carbonyl (C=O) groups excluding carboxylic acids is 1. The van der Waals surface area contributed by atoms with Crippen molar-refractivity contribution in [3.8, 4) is 0 Å². The summed E-state index contributed by atoms with van der Waals surface area (Å²) in [5.41, 5.74) is 0.521. The van der Waals surface area contributed by atoms with Gasteiger partial charge in [0.05, 0.1) is 4.90 Å². The van der Waals surface area contributed by atoms with Crippen LogP contribution >= 0.6 is 0 Å². The maximum absolute atomic E-state index is 13.0. The van der Waals surface area contributed by atoms with Crippen LogP contribution in [0.2, 0.25) is 0 Å². The lowest BCUT2D eigenvalue weighted by Gasteiger charge is -2.27. The molecule has 1 heterocycles. The Labute approximate surface area is 151 Å². The van der Waals surface area contributed by atoms with Crippen molar-refractivity contribution in [3.63, 3.8) is 0 Å². The van der Waals surface area contributed by atoms with Gasteiger partial charge in [-0.05, 0) is 57.5 Å². The van der Waals surface area contributed by atoms with Gasteiger partial charge in [0.25, 0.3) is 5.91 Å². The smallest absolute Gasteiger partial charge is 0.253 e. The van der Waals surface area contributed by atoms with E-state index in [4.69, 9.17) is 0 Å². The van der Waals surface area contributed by atoms with Crippen LogP contribution in [0.3, 0.4) is 0 Å². The molecule has 7 heteroatoms. The van der Waals surface area contributed by atoms with Gasteiger partial charge in [0, 0.05) is 37.8 Å². The third-order valence-corrected chi connectivity index (χ3v) is 6.61. The number of carbonyl (C=O) groups is 1. The monoisotopic (exact) mass is 367 g/mol. The van der Waals surface area contributed by atoms with Gasteiger partial charge in [-0.25, -0.2) is 8.42 Å². The zero-order valence-corrected chi connectivity index (χ0v) is 16.2. The van der Waals surface area contributed by atoms with Gasteiger partial charge in [0.2, 0.25) is 10.0 Å². The van der Waals surface area contributed by atoms with Crippen molar-refractivity contribution in [1.29, 1.82) is 0 Å². The van der Waals surface area contributed by atoms with E-state index in [1.807, 2.05) is 20.8 Å². The van der Waals surface area contributed by atoms with Crippen molar-refractivity contribution in [2.75, 3.05) is 32.7 Å². The van der Waals surface area contributed by atoms with Gasteiger partial charge in [0.15, 0.2) is 0 Å². The molecule has 1 aliphatic rings. The van der Waals surface area contributed by atoms with Gasteiger partial charge in [-0.2, -0.15) is 4.31 Å². The van der Waals surface area contributed by atoms with Crippen molar-refractivity contribution >= 4 is 15.9 Å². The van der Waals surface area contributed by atoms with Gasteiger partial charge < -0.3 is 10.2 Å². The van der Waals surface area contributed by atoms with Crippen LogP contribution in [0.5, 0.6) is 0 Å². The summed E-state index contributed by atoms with van der Waals surface area (Å²) < 4.78 is 27.7. The molecule has 0 saturated carbocycles. The second-order valence-corrected chi connectivity index (χ2v) is 8.15. The molecule has 140 valence electrons. The maximum Gasteiger partial charge on any atom is 0.253 e. The van der Waals surface area contributed by atoms with Crippen LogP contribution < -0.4 is 5.32 Å². The van der Waals surface area contributed by atoms with E-state index in [-0.39, 0.29) is 16.8 Å². The van der Waals surface area contributed by atoms with E-state index in [2.05, 4.69) is 5.32 Å². The number of amides is 1.